The fourth-order valence-electron chi connectivity index (χ4n) is 2.70. The molecule has 0 aromatic heterocycles. The average Bonchev–Trinajstić information content (AvgIpc) is 2.66. The van der Waals surface area contributed by atoms with Crippen LogP contribution in [0.15, 0.2) is 48.7 Å². The van der Waals surface area contributed by atoms with Crippen molar-refractivity contribution >= 4 is 11.8 Å². The number of hydrogen-bond donors (Lipinski definition) is 1. The molecule has 2 rings (SSSR count). The maximum Gasteiger partial charge on any atom is 0.314 e. The maximum absolute atomic E-state index is 12.1. The fraction of sp³-hybridized carbons (Fsp3) is 0.435. The highest BCUT2D eigenvalue weighted by atomic mass is 16.6. The zero-order valence-corrected chi connectivity index (χ0v) is 17.4. The smallest absolute Gasteiger partial charge is 0.314 e. The van der Waals surface area contributed by atoms with Crippen molar-refractivity contribution < 1.29 is 19.1 Å². The number of hydrogen-bond acceptors (Lipinski definition) is 5. The lowest BCUT2D eigenvalue weighted by Gasteiger charge is -2.36. The van der Waals surface area contributed by atoms with Gasteiger partial charge in [0, 0.05) is 23.8 Å². The molecule has 6 heteroatoms. The van der Waals surface area contributed by atoms with E-state index in [0.717, 1.165) is 12.0 Å². The summed E-state index contributed by atoms with van der Waals surface area (Å²) in [6.07, 6.45) is 5.70. The van der Waals surface area contributed by atoms with Gasteiger partial charge < -0.3 is 9.47 Å². The molecule has 1 aliphatic rings. The molecule has 1 atom stereocenters. The Morgan fingerprint density at radius 1 is 1.28 bits per heavy atom. The Morgan fingerprint density at radius 3 is 2.69 bits per heavy atom. The molecular weight excluding hydrogens is 368 g/mol. The van der Waals surface area contributed by atoms with Gasteiger partial charge in [0.05, 0.1) is 30.5 Å². The number of nitrogens with zero attached hydrogens (tertiary/aromatic N) is 1. The predicted molar refractivity (Wildman–Crippen MR) is 111 cm³/mol. The van der Waals surface area contributed by atoms with Gasteiger partial charge in [-0.05, 0) is 46.2 Å². The molecule has 0 aliphatic carbocycles. The normalized spacial score (nSPS) is 16.4. The van der Waals surface area contributed by atoms with E-state index in [1.54, 1.807) is 24.8 Å². The van der Waals surface area contributed by atoms with E-state index in [-0.39, 0.29) is 12.0 Å². The first-order valence-corrected chi connectivity index (χ1v) is 9.54. The summed E-state index contributed by atoms with van der Waals surface area (Å²) >= 11 is 0. The van der Waals surface area contributed by atoms with Crippen molar-refractivity contribution in [2.24, 2.45) is 0 Å². The quantitative estimate of drug-likeness (QED) is 0.567. The Morgan fingerprint density at radius 2 is 2.00 bits per heavy atom. The van der Waals surface area contributed by atoms with Gasteiger partial charge in [-0.3, -0.25) is 15.2 Å². The summed E-state index contributed by atoms with van der Waals surface area (Å²) in [5.41, 5.74) is 2.27. The highest BCUT2D eigenvalue weighted by molar-refractivity contribution is 5.93. The molecule has 1 amide bonds. The molecule has 1 heterocycles. The van der Waals surface area contributed by atoms with E-state index in [1.165, 1.54) is 6.08 Å². The molecule has 1 unspecified atom stereocenters. The van der Waals surface area contributed by atoms with E-state index in [9.17, 15) is 9.59 Å². The van der Waals surface area contributed by atoms with E-state index < -0.39 is 11.2 Å². The fourth-order valence-corrected chi connectivity index (χ4v) is 2.70. The minimum Gasteiger partial charge on any atom is -0.368 e. The number of ether oxygens (including phenoxy) is 2. The van der Waals surface area contributed by atoms with Gasteiger partial charge >= 0.3 is 5.91 Å². The number of carbonyl (C=O) groups is 1. The average molecular weight is 396 g/mol. The molecule has 0 bridgehead atoms. The monoisotopic (exact) mass is 396 g/mol. The summed E-state index contributed by atoms with van der Waals surface area (Å²) in [5, 5.41) is 1.67. The van der Waals surface area contributed by atoms with Crippen LogP contribution in [0.5, 0.6) is 0 Å². The minimum atomic E-state index is -0.702. The summed E-state index contributed by atoms with van der Waals surface area (Å²) in [5.74, 6) is 6.80. The Labute approximate surface area is 172 Å². The Bertz CT molecular complexity index is 827. The predicted octanol–water partition coefficient (Wildman–Crippen LogP) is 2.64. The highest BCUT2D eigenvalue weighted by Gasteiger charge is 2.29. The third-order valence-electron chi connectivity index (χ3n) is 4.11. The first-order chi connectivity index (χ1) is 13.7. The lowest BCUT2D eigenvalue weighted by molar-refractivity contribution is -0.141. The molecule has 1 aromatic carbocycles. The van der Waals surface area contributed by atoms with Crippen LogP contribution >= 0.6 is 0 Å². The van der Waals surface area contributed by atoms with Gasteiger partial charge in [0.2, 0.25) is 0 Å². The summed E-state index contributed by atoms with van der Waals surface area (Å²) in [7, 11) is 0. The van der Waals surface area contributed by atoms with Crippen molar-refractivity contribution in [1.29, 1.82) is 0 Å². The van der Waals surface area contributed by atoms with Crippen LogP contribution in [0.3, 0.4) is 0 Å². The topological polar surface area (TPSA) is 67.9 Å². The van der Waals surface area contributed by atoms with E-state index in [2.05, 4.69) is 17.3 Å². The first-order valence-electron chi connectivity index (χ1n) is 9.54. The third-order valence-corrected chi connectivity index (χ3v) is 4.11. The first kappa shape index (κ1) is 22.4. The lowest BCUT2D eigenvalue weighted by Crippen LogP contribution is -2.47. The third kappa shape index (κ3) is 8.37. The number of benzene rings is 1. The van der Waals surface area contributed by atoms with Gasteiger partial charge in [-0.1, -0.05) is 30.2 Å². The van der Waals surface area contributed by atoms with Gasteiger partial charge in [-0.25, -0.2) is 4.79 Å². The van der Waals surface area contributed by atoms with Crippen molar-refractivity contribution in [3.05, 3.63) is 54.2 Å². The number of rotatable bonds is 7. The number of hydrazine groups is 1. The molecule has 0 radical (unpaired) electrons. The summed E-state index contributed by atoms with van der Waals surface area (Å²) in [6, 6.07) is 9.34. The number of nitrogens with one attached hydrogen (secondary N) is 1. The molecule has 29 heavy (non-hydrogen) atoms. The Kier molecular flexibility index (Phi) is 7.81. The molecule has 6 nitrogen and oxygen atoms in total. The molecule has 154 valence electrons. The van der Waals surface area contributed by atoms with Crippen LogP contribution in [0.25, 0.3) is 0 Å². The minimum absolute atomic E-state index is 0.120. The van der Waals surface area contributed by atoms with Crippen LogP contribution in [0, 0.1) is 11.8 Å². The zero-order valence-electron chi connectivity index (χ0n) is 17.4. The largest absolute Gasteiger partial charge is 0.368 e. The van der Waals surface area contributed by atoms with E-state index >= 15 is 0 Å². The van der Waals surface area contributed by atoms with E-state index in [0.29, 0.717) is 13.2 Å². The van der Waals surface area contributed by atoms with Crippen LogP contribution < -0.4 is 5.43 Å². The molecular formula is C23H28N2O4. The molecule has 0 saturated carbocycles. The van der Waals surface area contributed by atoms with Gasteiger partial charge in [-0.2, -0.15) is 0 Å². The lowest BCUT2D eigenvalue weighted by atomic mass is 10.1. The van der Waals surface area contributed by atoms with Crippen LogP contribution in [0.2, 0.25) is 0 Å². The van der Waals surface area contributed by atoms with Gasteiger partial charge in [0.15, 0.2) is 0 Å². The van der Waals surface area contributed by atoms with E-state index in [4.69, 9.17) is 9.47 Å². The van der Waals surface area contributed by atoms with Crippen LogP contribution in [-0.4, -0.2) is 47.3 Å². The SMILES string of the molecule is CC(C)(C=C=O)OCC(C)(C)OC1CC=CN(NC(=O)C#Cc2ccccc2)C1. The zero-order chi connectivity index (χ0) is 21.3. The second-order valence-electron chi connectivity index (χ2n) is 7.98. The van der Waals surface area contributed by atoms with Gasteiger partial charge in [-0.15, -0.1) is 0 Å². The molecule has 0 fully saturated rings. The van der Waals surface area contributed by atoms with Crippen molar-refractivity contribution in [3.8, 4) is 11.8 Å². The molecule has 1 aliphatic heterocycles. The second kappa shape index (κ2) is 10.1. The summed E-state index contributed by atoms with van der Waals surface area (Å²) < 4.78 is 12.0. The molecule has 1 aromatic rings. The van der Waals surface area contributed by atoms with Crippen molar-refractivity contribution in [2.75, 3.05) is 13.2 Å². The van der Waals surface area contributed by atoms with Crippen LogP contribution in [-0.2, 0) is 19.1 Å². The summed E-state index contributed by atoms with van der Waals surface area (Å²) in [4.78, 5) is 22.7. The van der Waals surface area contributed by atoms with Gasteiger partial charge in [0.1, 0.15) is 5.94 Å². The maximum atomic E-state index is 12.1. The van der Waals surface area contributed by atoms with Crippen molar-refractivity contribution in [1.82, 2.24) is 10.4 Å². The summed E-state index contributed by atoms with van der Waals surface area (Å²) in [6.45, 7) is 8.26. The number of carbonyl (C=O) groups excluding carboxylic acids is 2. The molecule has 1 N–H and O–H groups in total. The number of amides is 1. The highest BCUT2D eigenvalue weighted by Crippen LogP contribution is 2.21. The van der Waals surface area contributed by atoms with Crippen LogP contribution in [0.1, 0.15) is 39.7 Å². The van der Waals surface area contributed by atoms with Gasteiger partial charge in [0.25, 0.3) is 0 Å². The molecule has 0 spiro atoms. The molecule has 0 saturated heterocycles. The van der Waals surface area contributed by atoms with E-state index in [1.807, 2.05) is 56.5 Å². The second-order valence-corrected chi connectivity index (χ2v) is 7.98. The van der Waals surface area contributed by atoms with Crippen LogP contribution in [0.4, 0.5) is 0 Å². The standard InChI is InChI=1S/C23H28N2O4/c1-22(2,14-16-26)28-18-23(3,4)29-20-11-8-15-25(17-20)24-21(27)13-12-19-9-6-5-7-10-19/h5-10,14-15,20H,11,17-18H2,1-4H3,(H,24,27). The van der Waals surface area contributed by atoms with Crippen molar-refractivity contribution in [3.63, 3.8) is 0 Å². The Hall–Kier alpha value is -2.84. The Balaban J connectivity index is 1.86. The van der Waals surface area contributed by atoms with Crippen molar-refractivity contribution in [2.45, 2.75) is 51.4 Å².